The van der Waals surface area contributed by atoms with Crippen molar-refractivity contribution in [3.8, 4) is 17.0 Å². The smallest absolute Gasteiger partial charge is 0.307 e. The molecule has 3 aromatic rings. The second-order valence-corrected chi connectivity index (χ2v) is 6.63. The quantitative estimate of drug-likeness (QED) is 0.575. The van der Waals surface area contributed by atoms with Gasteiger partial charge < -0.3 is 14.8 Å². The van der Waals surface area contributed by atoms with Crippen molar-refractivity contribution in [3.05, 3.63) is 70.9 Å². The number of ether oxygens (including phenoxy) is 2. The van der Waals surface area contributed by atoms with Crippen LogP contribution in [-0.4, -0.2) is 36.3 Å². The molecule has 0 aliphatic rings. The largest absolute Gasteiger partial charge is 0.497 e. The zero-order chi connectivity index (χ0) is 20.8. The first kappa shape index (κ1) is 20.4. The number of carbonyl (C=O) groups excluding carboxylic acids is 2. The van der Waals surface area contributed by atoms with Crippen LogP contribution in [0.15, 0.2) is 54.6 Å². The maximum atomic E-state index is 12.8. The molecular formula is C21H20ClN3O4. The molecule has 1 unspecified atom stereocenters. The van der Waals surface area contributed by atoms with E-state index in [-0.39, 0.29) is 12.1 Å². The van der Waals surface area contributed by atoms with Gasteiger partial charge in [0.15, 0.2) is 0 Å². The maximum Gasteiger partial charge on any atom is 0.307 e. The molecule has 1 amide bonds. The molecule has 29 heavy (non-hydrogen) atoms. The number of benzene rings is 2. The number of amides is 1. The Bertz CT molecular complexity index is 1000. The van der Waals surface area contributed by atoms with Crippen molar-refractivity contribution < 1.29 is 19.1 Å². The molecule has 7 nitrogen and oxygen atoms in total. The van der Waals surface area contributed by atoms with Crippen molar-refractivity contribution in [2.45, 2.75) is 12.5 Å². The third-order valence-corrected chi connectivity index (χ3v) is 4.72. The third-order valence-electron chi connectivity index (χ3n) is 4.39. The van der Waals surface area contributed by atoms with Gasteiger partial charge in [-0.2, -0.15) is 5.10 Å². The number of rotatable bonds is 7. The molecule has 0 saturated heterocycles. The molecule has 0 radical (unpaired) electrons. The normalized spacial score (nSPS) is 11.6. The van der Waals surface area contributed by atoms with Gasteiger partial charge in [-0.15, -0.1) is 0 Å². The number of aromatic nitrogens is 2. The third kappa shape index (κ3) is 4.94. The highest BCUT2D eigenvalue weighted by atomic mass is 35.5. The Balaban J connectivity index is 1.81. The maximum absolute atomic E-state index is 12.8. The molecule has 1 atom stereocenters. The van der Waals surface area contributed by atoms with Gasteiger partial charge in [-0.25, -0.2) is 0 Å². The van der Waals surface area contributed by atoms with Crippen LogP contribution in [0.4, 0.5) is 0 Å². The summed E-state index contributed by atoms with van der Waals surface area (Å²) in [5, 5.41) is 10.3. The Morgan fingerprint density at radius 3 is 2.52 bits per heavy atom. The van der Waals surface area contributed by atoms with Crippen molar-refractivity contribution in [2.75, 3.05) is 14.2 Å². The number of halogens is 1. The number of nitrogens with one attached hydrogen (secondary N) is 2. The highest BCUT2D eigenvalue weighted by Crippen LogP contribution is 2.26. The Hall–Kier alpha value is -3.32. The van der Waals surface area contributed by atoms with Crippen LogP contribution < -0.4 is 10.1 Å². The Kier molecular flexibility index (Phi) is 6.51. The summed E-state index contributed by atoms with van der Waals surface area (Å²) < 4.78 is 9.91. The van der Waals surface area contributed by atoms with Crippen molar-refractivity contribution in [1.82, 2.24) is 15.5 Å². The van der Waals surface area contributed by atoms with Crippen LogP contribution in [-0.2, 0) is 9.53 Å². The molecule has 0 aliphatic carbocycles. The molecule has 150 valence electrons. The van der Waals surface area contributed by atoms with Gasteiger partial charge in [-0.3, -0.25) is 14.7 Å². The molecule has 1 heterocycles. The first-order chi connectivity index (χ1) is 14.0. The second-order valence-electron chi connectivity index (χ2n) is 6.23. The lowest BCUT2D eigenvalue weighted by Gasteiger charge is -2.18. The van der Waals surface area contributed by atoms with E-state index in [4.69, 9.17) is 21.1 Å². The predicted octanol–water partition coefficient (Wildman–Crippen LogP) is 3.77. The number of carbonyl (C=O) groups is 2. The summed E-state index contributed by atoms with van der Waals surface area (Å²) in [6.45, 7) is 0. The first-order valence-electron chi connectivity index (χ1n) is 8.83. The molecule has 3 rings (SSSR count). The molecule has 0 fully saturated rings. The van der Waals surface area contributed by atoms with E-state index in [1.165, 1.54) is 7.11 Å². The zero-order valence-electron chi connectivity index (χ0n) is 15.9. The summed E-state index contributed by atoms with van der Waals surface area (Å²) >= 11 is 6.19. The minimum absolute atomic E-state index is 0.0138. The monoisotopic (exact) mass is 413 g/mol. The molecule has 2 aromatic carbocycles. The van der Waals surface area contributed by atoms with E-state index in [1.807, 2.05) is 18.2 Å². The summed E-state index contributed by atoms with van der Waals surface area (Å²) in [6.07, 6.45) is -0.0138. The second kappa shape index (κ2) is 9.25. The number of esters is 1. The molecule has 8 heteroatoms. The highest BCUT2D eigenvalue weighted by molar-refractivity contribution is 6.33. The van der Waals surface area contributed by atoms with Gasteiger partial charge in [0, 0.05) is 5.56 Å². The van der Waals surface area contributed by atoms with E-state index in [0.29, 0.717) is 22.0 Å². The van der Waals surface area contributed by atoms with Gasteiger partial charge in [0.25, 0.3) is 5.91 Å². The van der Waals surface area contributed by atoms with Gasteiger partial charge in [-0.05, 0) is 29.8 Å². The molecule has 0 bridgehead atoms. The number of aromatic amines is 1. The molecule has 0 spiro atoms. The van der Waals surface area contributed by atoms with Gasteiger partial charge >= 0.3 is 5.97 Å². The van der Waals surface area contributed by atoms with Crippen molar-refractivity contribution in [1.29, 1.82) is 0 Å². The number of hydrogen-bond donors (Lipinski definition) is 2. The van der Waals surface area contributed by atoms with Crippen LogP contribution in [0.2, 0.25) is 5.02 Å². The van der Waals surface area contributed by atoms with E-state index >= 15 is 0 Å². The number of nitrogens with zero attached hydrogens (tertiary/aromatic N) is 1. The summed E-state index contributed by atoms with van der Waals surface area (Å²) in [6, 6.07) is 15.4. The van der Waals surface area contributed by atoms with Gasteiger partial charge in [0.05, 0.1) is 37.4 Å². The number of methoxy groups -OCH3 is 2. The van der Waals surface area contributed by atoms with E-state index in [2.05, 4.69) is 15.5 Å². The fraction of sp³-hybridized carbons (Fsp3) is 0.190. The van der Waals surface area contributed by atoms with Crippen LogP contribution in [0.25, 0.3) is 11.3 Å². The van der Waals surface area contributed by atoms with E-state index in [9.17, 15) is 9.59 Å². The lowest BCUT2D eigenvalue weighted by Crippen LogP contribution is -2.30. The first-order valence-corrected chi connectivity index (χ1v) is 9.21. The Labute approximate surface area is 173 Å². The van der Waals surface area contributed by atoms with Gasteiger partial charge in [0.2, 0.25) is 0 Å². The summed E-state index contributed by atoms with van der Waals surface area (Å²) in [7, 11) is 2.87. The Morgan fingerprint density at radius 1 is 1.14 bits per heavy atom. The topological polar surface area (TPSA) is 93.3 Å². The standard InChI is InChI=1S/C21H20ClN3O4/c1-28-14-9-7-13(8-10-14)17(12-20(26)29-2)23-21(27)19-11-18(24-25-19)15-5-3-4-6-16(15)22/h3-11,17H,12H2,1-2H3,(H,23,27)(H,24,25). The molecule has 1 aromatic heterocycles. The molecule has 0 saturated carbocycles. The average Bonchev–Trinajstić information content (AvgIpc) is 3.23. The van der Waals surface area contributed by atoms with Crippen LogP contribution >= 0.6 is 11.6 Å². The Morgan fingerprint density at radius 2 is 1.86 bits per heavy atom. The fourth-order valence-corrected chi connectivity index (χ4v) is 3.05. The minimum Gasteiger partial charge on any atom is -0.497 e. The lowest BCUT2D eigenvalue weighted by molar-refractivity contribution is -0.141. The number of H-pyrrole nitrogens is 1. The van der Waals surface area contributed by atoms with Crippen LogP contribution in [0, 0.1) is 0 Å². The molecule has 2 N–H and O–H groups in total. The predicted molar refractivity (Wildman–Crippen MR) is 109 cm³/mol. The molecular weight excluding hydrogens is 394 g/mol. The fourth-order valence-electron chi connectivity index (χ4n) is 2.82. The lowest BCUT2D eigenvalue weighted by atomic mass is 10.0. The van der Waals surface area contributed by atoms with Crippen molar-refractivity contribution in [2.24, 2.45) is 0 Å². The summed E-state index contributed by atoms with van der Waals surface area (Å²) in [5.41, 5.74) is 2.26. The van der Waals surface area contributed by atoms with E-state index < -0.39 is 17.9 Å². The summed E-state index contributed by atoms with van der Waals surface area (Å²) in [5.74, 6) is -0.164. The van der Waals surface area contributed by atoms with Crippen LogP contribution in [0.5, 0.6) is 5.75 Å². The van der Waals surface area contributed by atoms with Gasteiger partial charge in [0.1, 0.15) is 11.4 Å². The SMILES string of the molecule is COC(=O)CC(NC(=O)c1cc(-c2ccccc2Cl)n[nH]1)c1ccc(OC)cc1. The van der Waals surface area contributed by atoms with Crippen molar-refractivity contribution in [3.63, 3.8) is 0 Å². The zero-order valence-corrected chi connectivity index (χ0v) is 16.7. The molecule has 0 aliphatic heterocycles. The number of hydrogen-bond acceptors (Lipinski definition) is 5. The van der Waals surface area contributed by atoms with Gasteiger partial charge in [-0.1, -0.05) is 41.9 Å². The van der Waals surface area contributed by atoms with E-state index in [0.717, 1.165) is 5.56 Å². The minimum atomic E-state index is -0.576. The van der Waals surface area contributed by atoms with E-state index in [1.54, 1.807) is 43.5 Å². The highest BCUT2D eigenvalue weighted by Gasteiger charge is 2.21. The van der Waals surface area contributed by atoms with Crippen LogP contribution in [0.1, 0.15) is 28.5 Å². The average molecular weight is 414 g/mol. The van der Waals surface area contributed by atoms with Crippen molar-refractivity contribution >= 4 is 23.5 Å². The summed E-state index contributed by atoms with van der Waals surface area (Å²) in [4.78, 5) is 24.6. The van der Waals surface area contributed by atoms with Crippen LogP contribution in [0.3, 0.4) is 0 Å².